The standard InChI is InChI=1S/C27H26ClF3N4O5S/c1-18(2)33-26(37)17-40-21-11-8-19(9-12-21)15-32-34-25(36)16-35(41(38,39)22-6-4-3-5-7-22)20-10-13-24(28)23(14-20)27(29,30)31/h3-15,18H,16-17H2,1-2H3,(H,33,37)(H,34,36)/b32-15-. The number of hydrogen-bond acceptors (Lipinski definition) is 6. The number of sulfonamides is 1. The van der Waals surface area contributed by atoms with Crippen molar-refractivity contribution in [2.45, 2.75) is 31.0 Å². The van der Waals surface area contributed by atoms with Gasteiger partial charge in [-0.15, -0.1) is 0 Å². The minimum absolute atomic E-state index is 0.0195. The zero-order valence-electron chi connectivity index (χ0n) is 21.9. The van der Waals surface area contributed by atoms with Crippen LogP contribution >= 0.6 is 11.6 Å². The predicted molar refractivity (Wildman–Crippen MR) is 148 cm³/mol. The van der Waals surface area contributed by atoms with Crippen molar-refractivity contribution in [3.63, 3.8) is 0 Å². The first-order chi connectivity index (χ1) is 19.3. The summed E-state index contributed by atoms with van der Waals surface area (Å²) in [7, 11) is -4.46. The topological polar surface area (TPSA) is 117 Å². The minimum Gasteiger partial charge on any atom is -0.484 e. The summed E-state index contributed by atoms with van der Waals surface area (Å²) in [6.45, 7) is 2.61. The van der Waals surface area contributed by atoms with Gasteiger partial charge in [-0.25, -0.2) is 13.8 Å². The zero-order chi connectivity index (χ0) is 30.2. The summed E-state index contributed by atoms with van der Waals surface area (Å²) in [6.07, 6.45) is -3.59. The Labute approximate surface area is 240 Å². The fraction of sp³-hybridized carbons (Fsp3) is 0.222. The van der Waals surface area contributed by atoms with Crippen molar-refractivity contribution in [2.75, 3.05) is 17.5 Å². The summed E-state index contributed by atoms with van der Waals surface area (Å²) >= 11 is 5.70. The normalized spacial score (nSPS) is 11.9. The van der Waals surface area contributed by atoms with Crippen molar-refractivity contribution in [3.05, 3.63) is 88.9 Å². The average molecular weight is 611 g/mol. The Kier molecular flexibility index (Phi) is 10.4. The average Bonchev–Trinajstić information content (AvgIpc) is 2.91. The number of halogens is 4. The number of ether oxygens (including phenoxy) is 1. The summed E-state index contributed by atoms with van der Waals surface area (Å²) in [6, 6.07) is 15.8. The van der Waals surface area contributed by atoms with Crippen LogP contribution in [0.4, 0.5) is 18.9 Å². The highest BCUT2D eigenvalue weighted by Gasteiger charge is 2.35. The monoisotopic (exact) mass is 610 g/mol. The predicted octanol–water partition coefficient (Wildman–Crippen LogP) is 4.61. The third-order valence-electron chi connectivity index (χ3n) is 5.26. The maximum atomic E-state index is 13.5. The molecule has 0 heterocycles. The number of carbonyl (C=O) groups excluding carboxylic acids is 2. The second-order valence-corrected chi connectivity index (χ2v) is 11.1. The van der Waals surface area contributed by atoms with Gasteiger partial charge in [0.05, 0.1) is 27.4 Å². The van der Waals surface area contributed by atoms with E-state index in [1.807, 2.05) is 13.8 Å². The van der Waals surface area contributed by atoms with Gasteiger partial charge in [0.2, 0.25) is 0 Å². The third-order valence-corrected chi connectivity index (χ3v) is 7.38. The van der Waals surface area contributed by atoms with E-state index in [0.29, 0.717) is 21.7 Å². The summed E-state index contributed by atoms with van der Waals surface area (Å²) in [4.78, 5) is 24.1. The lowest BCUT2D eigenvalue weighted by atomic mass is 10.2. The number of hydrazone groups is 1. The Bertz CT molecular complexity index is 1500. The van der Waals surface area contributed by atoms with E-state index in [9.17, 15) is 31.2 Å². The Hall–Kier alpha value is -4.10. The summed E-state index contributed by atoms with van der Waals surface area (Å²) in [5.41, 5.74) is 1.04. The van der Waals surface area contributed by atoms with Crippen LogP contribution in [-0.4, -0.2) is 45.6 Å². The molecule has 0 bridgehead atoms. The molecule has 0 atom stereocenters. The van der Waals surface area contributed by atoms with Crippen LogP contribution in [0.1, 0.15) is 25.0 Å². The first-order valence-electron chi connectivity index (χ1n) is 12.1. The Morgan fingerprint density at radius 3 is 2.29 bits per heavy atom. The second kappa shape index (κ2) is 13.5. The number of nitrogens with zero attached hydrogens (tertiary/aromatic N) is 2. The third kappa shape index (κ3) is 8.95. The Morgan fingerprint density at radius 2 is 1.68 bits per heavy atom. The molecular weight excluding hydrogens is 585 g/mol. The van der Waals surface area contributed by atoms with Gasteiger partial charge in [-0.3, -0.25) is 13.9 Å². The van der Waals surface area contributed by atoms with Crippen LogP contribution in [0, 0.1) is 0 Å². The van der Waals surface area contributed by atoms with E-state index in [-0.39, 0.29) is 23.5 Å². The van der Waals surface area contributed by atoms with Crippen LogP contribution < -0.4 is 19.8 Å². The van der Waals surface area contributed by atoms with Crippen molar-refractivity contribution in [2.24, 2.45) is 5.10 Å². The van der Waals surface area contributed by atoms with E-state index in [1.165, 1.54) is 30.5 Å². The van der Waals surface area contributed by atoms with Crippen molar-refractivity contribution >= 4 is 45.3 Å². The van der Waals surface area contributed by atoms with Gasteiger partial charge >= 0.3 is 6.18 Å². The number of rotatable bonds is 11. The molecule has 3 aromatic carbocycles. The van der Waals surface area contributed by atoms with Gasteiger partial charge in [-0.1, -0.05) is 29.8 Å². The molecule has 0 aliphatic carbocycles. The first kappa shape index (κ1) is 31.4. The Balaban J connectivity index is 1.75. The molecule has 2 N–H and O–H groups in total. The van der Waals surface area contributed by atoms with Crippen LogP contribution in [-0.2, 0) is 25.8 Å². The quantitative estimate of drug-likeness (QED) is 0.243. The van der Waals surface area contributed by atoms with Crippen molar-refractivity contribution in [1.82, 2.24) is 10.7 Å². The second-order valence-electron chi connectivity index (χ2n) is 8.86. The molecule has 0 saturated carbocycles. The molecule has 3 rings (SSSR count). The molecule has 0 saturated heterocycles. The highest BCUT2D eigenvalue weighted by atomic mass is 35.5. The van der Waals surface area contributed by atoms with E-state index < -0.39 is 44.9 Å². The first-order valence-corrected chi connectivity index (χ1v) is 13.9. The van der Waals surface area contributed by atoms with E-state index in [0.717, 1.165) is 12.1 Å². The molecule has 0 radical (unpaired) electrons. The van der Waals surface area contributed by atoms with E-state index in [2.05, 4.69) is 15.8 Å². The van der Waals surface area contributed by atoms with Gasteiger partial charge in [-0.05, 0) is 74.0 Å². The lowest BCUT2D eigenvalue weighted by Gasteiger charge is -2.24. The van der Waals surface area contributed by atoms with Gasteiger partial charge in [0.25, 0.3) is 21.8 Å². The van der Waals surface area contributed by atoms with E-state index in [1.54, 1.807) is 30.3 Å². The van der Waals surface area contributed by atoms with Gasteiger partial charge in [0, 0.05) is 6.04 Å². The van der Waals surface area contributed by atoms with Gasteiger partial charge in [0.1, 0.15) is 12.3 Å². The molecule has 3 aromatic rings. The molecule has 0 unspecified atom stereocenters. The number of amides is 2. The maximum Gasteiger partial charge on any atom is 0.417 e. The molecule has 0 aliphatic rings. The lowest BCUT2D eigenvalue weighted by Crippen LogP contribution is -2.39. The van der Waals surface area contributed by atoms with Crippen LogP contribution in [0.2, 0.25) is 5.02 Å². The summed E-state index contributed by atoms with van der Waals surface area (Å²) in [5.74, 6) is -0.765. The van der Waals surface area contributed by atoms with Crippen LogP contribution in [0.25, 0.3) is 0 Å². The van der Waals surface area contributed by atoms with Crippen LogP contribution in [0.15, 0.2) is 82.8 Å². The molecule has 218 valence electrons. The molecule has 9 nitrogen and oxygen atoms in total. The molecule has 0 fully saturated rings. The zero-order valence-corrected chi connectivity index (χ0v) is 23.4. The number of carbonyl (C=O) groups is 2. The number of nitrogens with one attached hydrogen (secondary N) is 2. The minimum atomic E-state index is -4.86. The maximum absolute atomic E-state index is 13.5. The summed E-state index contributed by atoms with van der Waals surface area (Å²) in [5, 5.41) is 5.87. The Morgan fingerprint density at radius 1 is 1.02 bits per heavy atom. The summed E-state index contributed by atoms with van der Waals surface area (Å²) < 4.78 is 73.0. The molecule has 0 aliphatic heterocycles. The van der Waals surface area contributed by atoms with Crippen LogP contribution in [0.3, 0.4) is 0 Å². The number of benzene rings is 3. The lowest BCUT2D eigenvalue weighted by molar-refractivity contribution is -0.137. The van der Waals surface area contributed by atoms with Crippen LogP contribution in [0.5, 0.6) is 5.75 Å². The SMILES string of the molecule is CC(C)NC(=O)COc1ccc(/C=N\NC(=O)CN(c2ccc(Cl)c(C(F)(F)F)c2)S(=O)(=O)c2ccccc2)cc1. The molecule has 0 spiro atoms. The largest absolute Gasteiger partial charge is 0.484 e. The molecule has 0 aromatic heterocycles. The van der Waals surface area contributed by atoms with Crippen molar-refractivity contribution in [1.29, 1.82) is 0 Å². The molecule has 14 heteroatoms. The van der Waals surface area contributed by atoms with Crippen molar-refractivity contribution < 1.29 is 35.9 Å². The highest BCUT2D eigenvalue weighted by Crippen LogP contribution is 2.38. The molecule has 41 heavy (non-hydrogen) atoms. The fourth-order valence-corrected chi connectivity index (χ4v) is 5.09. The number of alkyl halides is 3. The van der Waals surface area contributed by atoms with E-state index in [4.69, 9.17) is 16.3 Å². The fourth-order valence-electron chi connectivity index (χ4n) is 3.43. The highest BCUT2D eigenvalue weighted by molar-refractivity contribution is 7.92. The van der Waals surface area contributed by atoms with Gasteiger partial charge < -0.3 is 10.1 Å². The van der Waals surface area contributed by atoms with Gasteiger partial charge in [-0.2, -0.15) is 18.3 Å². The molecular formula is C27H26ClF3N4O5S. The van der Waals surface area contributed by atoms with Crippen molar-refractivity contribution in [3.8, 4) is 5.75 Å². The molecule has 2 amide bonds. The van der Waals surface area contributed by atoms with E-state index >= 15 is 0 Å². The number of anilines is 1. The number of hydrogen-bond donors (Lipinski definition) is 2. The smallest absolute Gasteiger partial charge is 0.417 e. The van der Waals surface area contributed by atoms with Gasteiger partial charge in [0.15, 0.2) is 6.61 Å².